The summed E-state index contributed by atoms with van der Waals surface area (Å²) < 4.78 is 30.3. The summed E-state index contributed by atoms with van der Waals surface area (Å²) in [7, 11) is -3.58. The third-order valence-corrected chi connectivity index (χ3v) is 5.52. The van der Waals surface area contributed by atoms with Gasteiger partial charge in [-0.1, -0.05) is 44.2 Å². The summed E-state index contributed by atoms with van der Waals surface area (Å²) in [5.74, 6) is -0.238. The number of sulfonamides is 1. The molecule has 0 fully saturated rings. The van der Waals surface area contributed by atoms with Gasteiger partial charge in [-0.3, -0.25) is 14.3 Å². The van der Waals surface area contributed by atoms with Crippen LogP contribution in [-0.4, -0.2) is 31.6 Å². The minimum atomic E-state index is -3.58. The number of benzene rings is 3. The smallest absolute Gasteiger partial charge is 0.259 e. The molecule has 3 rings (SSSR count). The molecule has 0 spiro atoms. The molecule has 0 bridgehead atoms. The van der Waals surface area contributed by atoms with Crippen LogP contribution in [0.4, 0.5) is 5.69 Å². The maximum Gasteiger partial charge on any atom is 0.259 e. The SMILES string of the molecule is CC.Cc1cc(CCC(=O)NS(C)(=O)=O)cc(C)c1Oc1ccc(O)c(C(=O)Nc2ccccc2)c1. The highest BCUT2D eigenvalue weighted by Crippen LogP contribution is 2.32. The van der Waals surface area contributed by atoms with Crippen molar-refractivity contribution in [3.05, 3.63) is 82.9 Å². The van der Waals surface area contributed by atoms with Crippen molar-refractivity contribution < 1.29 is 27.9 Å². The Kier molecular flexibility index (Phi) is 10.0. The van der Waals surface area contributed by atoms with E-state index in [1.807, 2.05) is 50.6 Å². The van der Waals surface area contributed by atoms with Gasteiger partial charge in [-0.05, 0) is 67.3 Å². The second kappa shape index (κ2) is 12.7. The van der Waals surface area contributed by atoms with Crippen molar-refractivity contribution in [3.8, 4) is 17.2 Å². The Hall–Kier alpha value is -3.85. The Morgan fingerprint density at radius 2 is 1.56 bits per heavy atom. The average Bonchev–Trinajstić information content (AvgIpc) is 2.82. The van der Waals surface area contributed by atoms with Gasteiger partial charge in [0.1, 0.15) is 17.2 Å². The lowest BCUT2D eigenvalue weighted by atomic mass is 10.0. The van der Waals surface area contributed by atoms with Crippen LogP contribution >= 0.6 is 0 Å². The molecule has 0 saturated heterocycles. The van der Waals surface area contributed by atoms with E-state index in [1.165, 1.54) is 12.1 Å². The molecule has 3 aromatic rings. The topological polar surface area (TPSA) is 122 Å². The number of phenolic OH excluding ortho intramolecular Hbond substituents is 1. The number of aryl methyl sites for hydroxylation is 3. The number of amides is 2. The second-order valence-corrected chi connectivity index (χ2v) is 9.71. The highest BCUT2D eigenvalue weighted by Gasteiger charge is 2.15. The van der Waals surface area contributed by atoms with Crippen LogP contribution in [0.3, 0.4) is 0 Å². The van der Waals surface area contributed by atoms with E-state index < -0.39 is 21.8 Å². The van der Waals surface area contributed by atoms with Crippen LogP contribution in [0.15, 0.2) is 60.7 Å². The fourth-order valence-electron chi connectivity index (χ4n) is 3.46. The van der Waals surface area contributed by atoms with E-state index in [4.69, 9.17) is 4.74 Å². The van der Waals surface area contributed by atoms with Gasteiger partial charge < -0.3 is 15.2 Å². The van der Waals surface area contributed by atoms with Crippen LogP contribution in [0.1, 0.15) is 47.3 Å². The molecule has 0 aliphatic heterocycles. The Labute approximate surface area is 212 Å². The van der Waals surface area contributed by atoms with Gasteiger partial charge in [0, 0.05) is 12.1 Å². The predicted molar refractivity (Wildman–Crippen MR) is 141 cm³/mol. The molecule has 9 heteroatoms. The number of para-hydroxylation sites is 1. The Morgan fingerprint density at radius 1 is 0.944 bits per heavy atom. The maximum absolute atomic E-state index is 12.6. The van der Waals surface area contributed by atoms with Gasteiger partial charge in [-0.25, -0.2) is 8.42 Å². The molecule has 0 aliphatic carbocycles. The van der Waals surface area contributed by atoms with Crippen LogP contribution in [0.2, 0.25) is 0 Å². The van der Waals surface area contributed by atoms with Gasteiger partial charge in [0.15, 0.2) is 0 Å². The molecule has 0 heterocycles. The van der Waals surface area contributed by atoms with Crippen LogP contribution < -0.4 is 14.8 Å². The molecule has 3 aromatic carbocycles. The molecule has 0 saturated carbocycles. The van der Waals surface area contributed by atoms with Crippen LogP contribution in [0, 0.1) is 13.8 Å². The summed E-state index contributed by atoms with van der Waals surface area (Å²) >= 11 is 0. The number of carbonyl (C=O) groups excluding carboxylic acids is 2. The lowest BCUT2D eigenvalue weighted by molar-refractivity contribution is -0.119. The molecule has 8 nitrogen and oxygen atoms in total. The quantitative estimate of drug-likeness (QED) is 0.387. The molecule has 0 atom stereocenters. The van der Waals surface area contributed by atoms with Crippen molar-refractivity contribution in [2.75, 3.05) is 11.6 Å². The number of hydrogen-bond donors (Lipinski definition) is 3. The molecular weight excluding hydrogens is 480 g/mol. The van der Waals surface area contributed by atoms with Crippen molar-refractivity contribution in [2.24, 2.45) is 0 Å². The summed E-state index contributed by atoms with van der Waals surface area (Å²) in [5.41, 5.74) is 3.15. The molecule has 36 heavy (non-hydrogen) atoms. The Morgan fingerprint density at radius 3 is 2.14 bits per heavy atom. The van der Waals surface area contributed by atoms with Crippen molar-refractivity contribution in [2.45, 2.75) is 40.5 Å². The van der Waals surface area contributed by atoms with E-state index in [0.717, 1.165) is 22.9 Å². The molecular formula is C27H32N2O6S. The highest BCUT2D eigenvalue weighted by atomic mass is 32.2. The monoisotopic (exact) mass is 512 g/mol. The Bertz CT molecular complexity index is 1300. The minimum Gasteiger partial charge on any atom is -0.507 e. The summed E-state index contributed by atoms with van der Waals surface area (Å²) in [6, 6.07) is 17.1. The van der Waals surface area contributed by atoms with Crippen LogP contribution in [0.25, 0.3) is 0 Å². The number of carbonyl (C=O) groups is 2. The first-order chi connectivity index (χ1) is 17.0. The van der Waals surface area contributed by atoms with Crippen molar-refractivity contribution in [1.82, 2.24) is 4.72 Å². The fourth-order valence-corrected chi connectivity index (χ4v) is 3.97. The summed E-state index contributed by atoms with van der Waals surface area (Å²) in [5, 5.41) is 12.9. The van der Waals surface area contributed by atoms with Gasteiger partial charge in [-0.15, -0.1) is 0 Å². The second-order valence-electron chi connectivity index (χ2n) is 7.96. The maximum atomic E-state index is 12.6. The van der Waals surface area contributed by atoms with Crippen LogP contribution in [-0.2, 0) is 21.2 Å². The molecule has 3 N–H and O–H groups in total. The predicted octanol–water partition coefficient (Wildman–Crippen LogP) is 5.09. The lowest BCUT2D eigenvalue weighted by Crippen LogP contribution is -2.29. The van der Waals surface area contributed by atoms with Gasteiger partial charge in [0.25, 0.3) is 5.91 Å². The number of aromatic hydroxyl groups is 1. The summed E-state index contributed by atoms with van der Waals surface area (Å²) in [4.78, 5) is 24.4. The average molecular weight is 513 g/mol. The number of phenols is 1. The first kappa shape index (κ1) is 28.4. The molecule has 0 aliphatic rings. The number of hydrogen-bond acceptors (Lipinski definition) is 6. The van der Waals surface area contributed by atoms with Crippen molar-refractivity contribution in [1.29, 1.82) is 0 Å². The molecule has 192 valence electrons. The van der Waals surface area contributed by atoms with Gasteiger partial charge in [0.05, 0.1) is 11.8 Å². The Balaban J connectivity index is 0.00000222. The van der Waals surface area contributed by atoms with E-state index in [0.29, 0.717) is 23.6 Å². The highest BCUT2D eigenvalue weighted by molar-refractivity contribution is 7.89. The van der Waals surface area contributed by atoms with Crippen molar-refractivity contribution in [3.63, 3.8) is 0 Å². The largest absolute Gasteiger partial charge is 0.507 e. The standard InChI is InChI=1S/C25H26N2O6S.C2H6/c1-16-13-18(9-12-23(29)27-34(3,31)32)14-17(2)24(16)33-20-10-11-22(28)21(15-20)25(30)26-19-7-5-4-6-8-19;1-2/h4-8,10-11,13-15,28H,9,12H2,1-3H3,(H,26,30)(H,27,29);1-2H3. The number of nitrogens with one attached hydrogen (secondary N) is 2. The van der Waals surface area contributed by atoms with Gasteiger partial charge in [-0.2, -0.15) is 0 Å². The first-order valence-electron chi connectivity index (χ1n) is 11.5. The molecule has 2 amide bonds. The first-order valence-corrected chi connectivity index (χ1v) is 13.4. The number of ether oxygens (including phenoxy) is 1. The number of anilines is 1. The summed E-state index contributed by atoms with van der Waals surface area (Å²) in [6.45, 7) is 7.71. The zero-order chi connectivity index (χ0) is 26.9. The normalized spacial score (nSPS) is 10.6. The van der Waals surface area contributed by atoms with Crippen molar-refractivity contribution >= 4 is 27.5 Å². The zero-order valence-electron chi connectivity index (χ0n) is 21.1. The van der Waals surface area contributed by atoms with E-state index in [-0.39, 0.29) is 17.7 Å². The lowest BCUT2D eigenvalue weighted by Gasteiger charge is -2.15. The van der Waals surface area contributed by atoms with E-state index in [2.05, 4.69) is 5.32 Å². The fraction of sp³-hybridized carbons (Fsp3) is 0.259. The summed E-state index contributed by atoms with van der Waals surface area (Å²) in [6.07, 6.45) is 1.34. The minimum absolute atomic E-state index is 0.0317. The zero-order valence-corrected chi connectivity index (χ0v) is 21.9. The van der Waals surface area contributed by atoms with Gasteiger partial charge in [0.2, 0.25) is 15.9 Å². The number of rotatable bonds is 8. The van der Waals surface area contributed by atoms with E-state index >= 15 is 0 Å². The third kappa shape index (κ3) is 8.42. The van der Waals surface area contributed by atoms with Crippen LogP contribution in [0.5, 0.6) is 17.2 Å². The molecule has 0 unspecified atom stereocenters. The molecule has 0 radical (unpaired) electrons. The van der Waals surface area contributed by atoms with E-state index in [9.17, 15) is 23.1 Å². The third-order valence-electron chi connectivity index (χ3n) is 4.92. The molecule has 0 aromatic heterocycles. The van der Waals surface area contributed by atoms with Gasteiger partial charge >= 0.3 is 0 Å². The van der Waals surface area contributed by atoms with E-state index in [1.54, 1.807) is 30.3 Å².